The molecule has 1 atom stereocenters. The molecule has 2 heterocycles. The number of ether oxygens (including phenoxy) is 2. The van der Waals surface area contributed by atoms with E-state index in [9.17, 15) is 0 Å². The van der Waals surface area contributed by atoms with Gasteiger partial charge in [0, 0.05) is 29.8 Å². The van der Waals surface area contributed by atoms with Gasteiger partial charge in [0.25, 0.3) is 0 Å². The molecule has 1 aromatic heterocycles. The van der Waals surface area contributed by atoms with E-state index in [1.54, 1.807) is 0 Å². The molecular formula is C14H16BrNO3. The molecule has 0 radical (unpaired) electrons. The van der Waals surface area contributed by atoms with E-state index in [0.29, 0.717) is 6.61 Å². The van der Waals surface area contributed by atoms with Gasteiger partial charge in [-0.15, -0.1) is 0 Å². The van der Waals surface area contributed by atoms with Crippen molar-refractivity contribution in [1.82, 2.24) is 5.16 Å². The summed E-state index contributed by atoms with van der Waals surface area (Å²) in [6, 6.07) is 5.87. The quantitative estimate of drug-likeness (QED) is 0.791. The smallest absolute Gasteiger partial charge is 0.170 e. The van der Waals surface area contributed by atoms with Crippen molar-refractivity contribution >= 4 is 26.9 Å². The van der Waals surface area contributed by atoms with Crippen LogP contribution in [0.15, 0.2) is 22.7 Å². The van der Waals surface area contributed by atoms with Crippen molar-refractivity contribution in [3.05, 3.63) is 23.9 Å². The number of fused-ring (bicyclic) bond motifs is 1. The summed E-state index contributed by atoms with van der Waals surface area (Å²) in [6.45, 7) is 1.46. The van der Waals surface area contributed by atoms with Crippen LogP contribution in [0.5, 0.6) is 5.75 Å². The molecule has 1 unspecified atom stereocenters. The number of hydrogen-bond acceptors (Lipinski definition) is 4. The molecule has 0 aliphatic carbocycles. The lowest BCUT2D eigenvalue weighted by atomic mass is 10.2. The van der Waals surface area contributed by atoms with Gasteiger partial charge in [0.05, 0.1) is 11.8 Å². The summed E-state index contributed by atoms with van der Waals surface area (Å²) in [5.74, 6) is 0.810. The molecule has 1 aliphatic heterocycles. The minimum Gasteiger partial charge on any atom is -0.491 e. The van der Waals surface area contributed by atoms with Crippen molar-refractivity contribution < 1.29 is 14.0 Å². The molecule has 2 aromatic rings. The molecule has 1 fully saturated rings. The minimum absolute atomic E-state index is 0.231. The number of aromatic nitrogens is 1. The minimum atomic E-state index is 0.231. The topological polar surface area (TPSA) is 44.5 Å². The molecule has 0 saturated carbocycles. The van der Waals surface area contributed by atoms with E-state index in [4.69, 9.17) is 14.0 Å². The standard InChI is InChI=1S/C14H16BrNO3/c15-6-5-13-12-4-3-10(8-14(12)19-16-13)18-9-11-2-1-7-17-11/h3-4,8,11H,1-2,5-7,9H2. The summed E-state index contributed by atoms with van der Waals surface area (Å²) in [4.78, 5) is 0. The van der Waals surface area contributed by atoms with Crippen LogP contribution in [0.1, 0.15) is 18.5 Å². The highest BCUT2D eigenvalue weighted by Crippen LogP contribution is 2.25. The first-order valence-electron chi connectivity index (χ1n) is 6.55. The number of rotatable bonds is 5. The first-order chi connectivity index (χ1) is 9.36. The van der Waals surface area contributed by atoms with Crippen LogP contribution in [-0.4, -0.2) is 29.8 Å². The molecule has 1 saturated heterocycles. The molecule has 0 N–H and O–H groups in total. The monoisotopic (exact) mass is 325 g/mol. The number of nitrogens with zero attached hydrogens (tertiary/aromatic N) is 1. The third-order valence-corrected chi connectivity index (χ3v) is 3.71. The lowest BCUT2D eigenvalue weighted by molar-refractivity contribution is 0.0680. The van der Waals surface area contributed by atoms with Crippen molar-refractivity contribution in [2.75, 3.05) is 18.5 Å². The van der Waals surface area contributed by atoms with Crippen LogP contribution in [0.2, 0.25) is 0 Å². The fourth-order valence-corrected chi connectivity index (χ4v) is 2.67. The molecule has 3 rings (SSSR count). The number of benzene rings is 1. The van der Waals surface area contributed by atoms with Crippen LogP contribution >= 0.6 is 15.9 Å². The van der Waals surface area contributed by atoms with Crippen molar-refractivity contribution in [3.8, 4) is 5.75 Å². The van der Waals surface area contributed by atoms with Crippen LogP contribution in [0.4, 0.5) is 0 Å². The number of halogens is 1. The second-order valence-corrected chi connectivity index (χ2v) is 5.47. The number of hydrogen-bond donors (Lipinski definition) is 0. The highest BCUT2D eigenvalue weighted by atomic mass is 79.9. The Bertz CT molecular complexity index is 549. The Morgan fingerprint density at radius 1 is 1.42 bits per heavy atom. The first-order valence-corrected chi connectivity index (χ1v) is 7.67. The van der Waals surface area contributed by atoms with Gasteiger partial charge in [0.2, 0.25) is 0 Å². The van der Waals surface area contributed by atoms with E-state index in [0.717, 1.165) is 53.6 Å². The molecule has 0 amide bonds. The van der Waals surface area contributed by atoms with E-state index < -0.39 is 0 Å². The zero-order chi connectivity index (χ0) is 13.1. The van der Waals surface area contributed by atoms with Gasteiger partial charge in [-0.25, -0.2) is 0 Å². The van der Waals surface area contributed by atoms with Crippen molar-refractivity contribution in [3.63, 3.8) is 0 Å². The number of alkyl halides is 1. The van der Waals surface area contributed by atoms with Crippen LogP contribution in [-0.2, 0) is 11.2 Å². The summed E-state index contributed by atoms with van der Waals surface area (Å²) in [5.41, 5.74) is 1.76. The first kappa shape index (κ1) is 12.9. The molecule has 1 aromatic carbocycles. The Morgan fingerprint density at radius 2 is 2.37 bits per heavy atom. The molecular weight excluding hydrogens is 310 g/mol. The van der Waals surface area contributed by atoms with Crippen LogP contribution in [0.3, 0.4) is 0 Å². The molecule has 102 valence electrons. The molecule has 5 heteroatoms. The summed E-state index contributed by atoms with van der Waals surface area (Å²) in [5, 5.41) is 6.02. The third kappa shape index (κ3) is 2.92. The molecule has 19 heavy (non-hydrogen) atoms. The van der Waals surface area contributed by atoms with Gasteiger partial charge in [-0.05, 0) is 25.0 Å². The lowest BCUT2D eigenvalue weighted by Crippen LogP contribution is -2.16. The summed E-state index contributed by atoms with van der Waals surface area (Å²) in [7, 11) is 0. The fourth-order valence-electron chi connectivity index (χ4n) is 2.29. The third-order valence-electron chi connectivity index (χ3n) is 3.31. The highest BCUT2D eigenvalue weighted by molar-refractivity contribution is 9.09. The number of aryl methyl sites for hydroxylation is 1. The zero-order valence-corrected chi connectivity index (χ0v) is 12.2. The van der Waals surface area contributed by atoms with Crippen molar-refractivity contribution in [1.29, 1.82) is 0 Å². The van der Waals surface area contributed by atoms with Gasteiger partial charge < -0.3 is 14.0 Å². The Hall–Kier alpha value is -1.07. The zero-order valence-electron chi connectivity index (χ0n) is 10.6. The second-order valence-electron chi connectivity index (χ2n) is 4.67. The van der Waals surface area contributed by atoms with Gasteiger partial charge >= 0.3 is 0 Å². The fraction of sp³-hybridized carbons (Fsp3) is 0.500. The van der Waals surface area contributed by atoms with Crippen molar-refractivity contribution in [2.24, 2.45) is 0 Å². The Kier molecular flexibility index (Phi) is 4.03. The van der Waals surface area contributed by atoms with Crippen molar-refractivity contribution in [2.45, 2.75) is 25.4 Å². The Labute approximate surface area is 120 Å². The predicted octanol–water partition coefficient (Wildman–Crippen LogP) is 3.32. The van der Waals surface area contributed by atoms with Crippen LogP contribution < -0.4 is 4.74 Å². The normalized spacial score (nSPS) is 19.1. The average Bonchev–Trinajstić information content (AvgIpc) is 3.06. The van der Waals surface area contributed by atoms with E-state index in [-0.39, 0.29) is 6.10 Å². The largest absolute Gasteiger partial charge is 0.491 e. The van der Waals surface area contributed by atoms with E-state index in [2.05, 4.69) is 21.1 Å². The van der Waals surface area contributed by atoms with E-state index >= 15 is 0 Å². The average molecular weight is 326 g/mol. The maximum Gasteiger partial charge on any atom is 0.170 e. The Balaban J connectivity index is 1.70. The highest BCUT2D eigenvalue weighted by Gasteiger charge is 2.16. The van der Waals surface area contributed by atoms with E-state index in [1.807, 2.05) is 18.2 Å². The maximum atomic E-state index is 5.75. The molecule has 4 nitrogen and oxygen atoms in total. The molecule has 0 spiro atoms. The van der Waals surface area contributed by atoms with Gasteiger partial charge in [-0.3, -0.25) is 0 Å². The molecule has 1 aliphatic rings. The van der Waals surface area contributed by atoms with E-state index in [1.165, 1.54) is 0 Å². The second kappa shape index (κ2) is 5.92. The Morgan fingerprint density at radius 3 is 3.16 bits per heavy atom. The van der Waals surface area contributed by atoms with Gasteiger partial charge in [-0.1, -0.05) is 21.1 Å². The lowest BCUT2D eigenvalue weighted by Gasteiger charge is -2.11. The maximum absolute atomic E-state index is 5.75. The summed E-state index contributed by atoms with van der Waals surface area (Å²) < 4.78 is 16.6. The molecule has 0 bridgehead atoms. The predicted molar refractivity (Wildman–Crippen MR) is 76.0 cm³/mol. The summed E-state index contributed by atoms with van der Waals surface area (Å²) >= 11 is 3.41. The SMILES string of the molecule is BrCCc1noc2cc(OCC3CCCO3)ccc12. The van der Waals surface area contributed by atoms with Crippen LogP contribution in [0, 0.1) is 0 Å². The van der Waals surface area contributed by atoms with Gasteiger partial charge in [-0.2, -0.15) is 0 Å². The van der Waals surface area contributed by atoms with Gasteiger partial charge in [0.1, 0.15) is 12.4 Å². The van der Waals surface area contributed by atoms with Crippen LogP contribution in [0.25, 0.3) is 11.0 Å². The van der Waals surface area contributed by atoms with Gasteiger partial charge in [0.15, 0.2) is 5.58 Å². The summed E-state index contributed by atoms with van der Waals surface area (Å²) in [6.07, 6.45) is 3.31.